The molecule has 1 aliphatic heterocycles. The van der Waals surface area contributed by atoms with Crippen molar-refractivity contribution in [3.63, 3.8) is 0 Å². The Morgan fingerprint density at radius 3 is 2.53 bits per heavy atom. The molecule has 0 aliphatic carbocycles. The molecule has 1 fully saturated rings. The molecule has 30 heavy (non-hydrogen) atoms. The van der Waals surface area contributed by atoms with Gasteiger partial charge in [0.1, 0.15) is 12.4 Å². The van der Waals surface area contributed by atoms with E-state index in [-0.39, 0.29) is 15.6 Å². The number of nitrogens with one attached hydrogen (secondary N) is 1. The van der Waals surface area contributed by atoms with Gasteiger partial charge < -0.3 is 10.1 Å². The van der Waals surface area contributed by atoms with E-state index >= 15 is 0 Å². The number of rotatable bonds is 5. The second-order valence-corrected chi connectivity index (χ2v) is 7.46. The lowest BCUT2D eigenvalue weighted by atomic mass is 10.1. The third-order valence-electron chi connectivity index (χ3n) is 4.01. The topological polar surface area (TPSA) is 92.8 Å². The average molecular weight is 449 g/mol. The van der Waals surface area contributed by atoms with Crippen LogP contribution in [0.4, 0.5) is 14.9 Å². The predicted octanol–water partition coefficient (Wildman–Crippen LogP) is 3.94. The first-order valence-corrected chi connectivity index (χ1v) is 9.66. The van der Waals surface area contributed by atoms with Crippen LogP contribution in [-0.2, 0) is 14.3 Å². The van der Waals surface area contributed by atoms with Crippen molar-refractivity contribution in [2.24, 2.45) is 0 Å². The van der Waals surface area contributed by atoms with Gasteiger partial charge in [0.05, 0.1) is 22.6 Å². The van der Waals surface area contributed by atoms with Gasteiger partial charge in [0.2, 0.25) is 5.91 Å². The first-order chi connectivity index (χ1) is 14.3. The summed E-state index contributed by atoms with van der Waals surface area (Å²) in [6.07, 6.45) is 1.49. The maximum Gasteiger partial charge on any atom is 0.337 e. The Balaban J connectivity index is 1.68. The Bertz CT molecular complexity index is 1070. The molecule has 1 saturated heterocycles. The molecule has 7 nitrogen and oxygen atoms in total. The van der Waals surface area contributed by atoms with Crippen LogP contribution in [0.3, 0.4) is 0 Å². The van der Waals surface area contributed by atoms with Gasteiger partial charge in [-0.3, -0.25) is 19.3 Å². The molecule has 1 N–H and O–H groups in total. The predicted molar refractivity (Wildman–Crippen MR) is 110 cm³/mol. The van der Waals surface area contributed by atoms with Gasteiger partial charge in [-0.2, -0.15) is 0 Å². The van der Waals surface area contributed by atoms with E-state index in [1.54, 1.807) is 12.1 Å². The first kappa shape index (κ1) is 21.5. The third-order valence-corrected chi connectivity index (χ3v) is 5.21. The van der Waals surface area contributed by atoms with Crippen molar-refractivity contribution in [2.45, 2.75) is 0 Å². The van der Waals surface area contributed by atoms with Gasteiger partial charge in [-0.15, -0.1) is 0 Å². The number of carbonyl (C=O) groups is 4. The fraction of sp³-hybridized carbons (Fsp3) is 0.100. The number of imide groups is 1. The monoisotopic (exact) mass is 448 g/mol. The fourth-order valence-corrected chi connectivity index (χ4v) is 3.56. The highest BCUT2D eigenvalue weighted by atomic mass is 35.5. The Morgan fingerprint density at radius 2 is 1.90 bits per heavy atom. The number of esters is 1. The van der Waals surface area contributed by atoms with Crippen LogP contribution in [0.5, 0.6) is 0 Å². The van der Waals surface area contributed by atoms with Crippen molar-refractivity contribution < 1.29 is 28.3 Å². The molecule has 3 amide bonds. The summed E-state index contributed by atoms with van der Waals surface area (Å²) >= 11 is 6.36. The summed E-state index contributed by atoms with van der Waals surface area (Å²) in [5.74, 6) is -2.38. The molecule has 0 bridgehead atoms. The van der Waals surface area contributed by atoms with Gasteiger partial charge in [-0.1, -0.05) is 23.7 Å². The summed E-state index contributed by atoms with van der Waals surface area (Å²) in [4.78, 5) is 49.3. The second kappa shape index (κ2) is 9.10. The van der Waals surface area contributed by atoms with Gasteiger partial charge in [0.15, 0.2) is 0 Å². The van der Waals surface area contributed by atoms with E-state index in [9.17, 15) is 23.6 Å². The quantitative estimate of drug-likeness (QED) is 0.550. The van der Waals surface area contributed by atoms with E-state index in [1.807, 2.05) is 0 Å². The smallest absolute Gasteiger partial charge is 0.337 e. The van der Waals surface area contributed by atoms with E-state index in [2.05, 4.69) is 10.1 Å². The van der Waals surface area contributed by atoms with Crippen molar-refractivity contribution >= 4 is 58.1 Å². The number of carbonyl (C=O) groups excluding carboxylic acids is 4. The number of amides is 3. The van der Waals surface area contributed by atoms with E-state index < -0.39 is 35.4 Å². The highest BCUT2D eigenvalue weighted by molar-refractivity contribution is 8.18. The van der Waals surface area contributed by atoms with Crippen LogP contribution in [0.15, 0.2) is 47.4 Å². The molecular weight excluding hydrogens is 435 g/mol. The zero-order chi connectivity index (χ0) is 21.8. The molecule has 10 heteroatoms. The molecule has 0 atom stereocenters. The normalized spacial score (nSPS) is 14.9. The summed E-state index contributed by atoms with van der Waals surface area (Å²) < 4.78 is 17.8. The summed E-state index contributed by atoms with van der Waals surface area (Å²) in [6, 6.07) is 9.89. The van der Waals surface area contributed by atoms with Crippen molar-refractivity contribution in [1.29, 1.82) is 0 Å². The van der Waals surface area contributed by atoms with Gasteiger partial charge in [-0.25, -0.2) is 9.18 Å². The number of anilines is 1. The summed E-state index contributed by atoms with van der Waals surface area (Å²) in [5.41, 5.74) is 1.18. The molecule has 1 heterocycles. The van der Waals surface area contributed by atoms with Crippen LogP contribution < -0.4 is 5.32 Å². The lowest BCUT2D eigenvalue weighted by molar-refractivity contribution is -0.127. The lowest BCUT2D eigenvalue weighted by Crippen LogP contribution is -2.36. The largest absolute Gasteiger partial charge is 0.465 e. The molecule has 2 aromatic carbocycles. The number of ether oxygens (including phenoxy) is 1. The molecule has 154 valence electrons. The zero-order valence-corrected chi connectivity index (χ0v) is 17.1. The minimum Gasteiger partial charge on any atom is -0.465 e. The maximum atomic E-state index is 13.2. The number of thioether (sulfide) groups is 1. The van der Waals surface area contributed by atoms with Crippen LogP contribution in [0.1, 0.15) is 15.9 Å². The third kappa shape index (κ3) is 4.87. The number of benzene rings is 2. The fourth-order valence-electron chi connectivity index (χ4n) is 2.54. The molecule has 0 radical (unpaired) electrons. The van der Waals surface area contributed by atoms with E-state index in [0.29, 0.717) is 22.9 Å². The molecule has 0 unspecified atom stereocenters. The van der Waals surface area contributed by atoms with Gasteiger partial charge in [0, 0.05) is 5.69 Å². The van der Waals surface area contributed by atoms with Crippen LogP contribution in [0, 0.1) is 5.82 Å². The van der Waals surface area contributed by atoms with Gasteiger partial charge >= 0.3 is 5.97 Å². The van der Waals surface area contributed by atoms with Crippen molar-refractivity contribution in [3.05, 3.63) is 69.3 Å². The molecule has 1 aliphatic rings. The zero-order valence-electron chi connectivity index (χ0n) is 15.5. The van der Waals surface area contributed by atoms with Crippen LogP contribution in [-0.4, -0.2) is 41.6 Å². The Hall–Kier alpha value is -3.17. The summed E-state index contributed by atoms with van der Waals surface area (Å²) in [7, 11) is 1.27. The van der Waals surface area contributed by atoms with Gasteiger partial charge in [0.25, 0.3) is 11.1 Å². The van der Waals surface area contributed by atoms with E-state index in [1.165, 1.54) is 37.5 Å². The summed E-state index contributed by atoms with van der Waals surface area (Å²) in [5, 5.41) is 1.70. The minimum atomic E-state index is -0.636. The van der Waals surface area contributed by atoms with Crippen LogP contribution >= 0.6 is 23.4 Å². The minimum absolute atomic E-state index is 0.142. The van der Waals surface area contributed by atoms with Crippen LogP contribution in [0.2, 0.25) is 5.02 Å². The number of nitrogens with zero attached hydrogens (tertiary/aromatic N) is 1. The average Bonchev–Trinajstić information content (AvgIpc) is 2.98. The summed E-state index contributed by atoms with van der Waals surface area (Å²) in [6.45, 7) is -0.502. The molecule has 0 aromatic heterocycles. The molecular formula is C20H14ClFN2O5S. The number of methoxy groups -OCH3 is 1. The molecule has 2 aromatic rings. The highest BCUT2D eigenvalue weighted by Crippen LogP contribution is 2.32. The molecule has 0 spiro atoms. The van der Waals surface area contributed by atoms with Gasteiger partial charge in [-0.05, 0) is 53.7 Å². The Labute approximate surface area is 179 Å². The van der Waals surface area contributed by atoms with E-state index in [0.717, 1.165) is 11.0 Å². The second-order valence-electron chi connectivity index (χ2n) is 6.06. The highest BCUT2D eigenvalue weighted by Gasteiger charge is 2.36. The maximum absolute atomic E-state index is 13.2. The number of hydrogen-bond acceptors (Lipinski definition) is 6. The molecule has 0 saturated carbocycles. The van der Waals surface area contributed by atoms with Crippen LogP contribution in [0.25, 0.3) is 6.08 Å². The first-order valence-electron chi connectivity index (χ1n) is 8.47. The Kier molecular flexibility index (Phi) is 6.53. The molecule has 3 rings (SSSR count). The number of halogens is 2. The van der Waals surface area contributed by atoms with Crippen molar-refractivity contribution in [2.75, 3.05) is 19.0 Å². The van der Waals surface area contributed by atoms with Crippen molar-refractivity contribution in [1.82, 2.24) is 4.90 Å². The lowest BCUT2D eigenvalue weighted by Gasteiger charge is -2.12. The van der Waals surface area contributed by atoms with E-state index in [4.69, 9.17) is 11.6 Å². The van der Waals surface area contributed by atoms with Crippen molar-refractivity contribution in [3.8, 4) is 0 Å². The SMILES string of the molecule is COC(=O)c1ccc(/C=C2/SC(=O)N(CC(=O)Nc3ccc(F)c(Cl)c3)C2=O)cc1. The Morgan fingerprint density at radius 1 is 1.20 bits per heavy atom. The standard InChI is InChI=1S/C20H14ClFN2O5S/c1-29-19(27)12-4-2-11(3-5-12)8-16-18(26)24(20(28)30-16)10-17(25)23-13-6-7-15(22)14(21)9-13/h2-9H,10H2,1H3,(H,23,25)/b16-8+. The number of hydrogen-bond donors (Lipinski definition) is 1.